The molecule has 79 heavy (non-hydrogen) atoms. The molecule has 2 fully saturated rings. The van der Waals surface area contributed by atoms with Gasteiger partial charge in [-0.25, -0.2) is 49.6 Å². The van der Waals surface area contributed by atoms with Gasteiger partial charge in [-0.3, -0.25) is 19.2 Å². The Morgan fingerprint density at radius 2 is 1.48 bits per heavy atom. The van der Waals surface area contributed by atoms with E-state index >= 15 is 8.78 Å². The predicted octanol–water partition coefficient (Wildman–Crippen LogP) is 3.78. The van der Waals surface area contributed by atoms with Gasteiger partial charge in [0.1, 0.15) is 28.2 Å². The van der Waals surface area contributed by atoms with E-state index in [1.54, 1.807) is 24.3 Å². The molecule has 1 saturated heterocycles. The number of hydrogen-bond donors (Lipinski definition) is 7. The molecule has 7 rings (SSSR count). The standard InChI is InChI=1S/C52H56F3N5O16S3/c1-28-9-12-33-37(23-28)76-38-25-31(61)11-14-34(38)43(33)32-13-10-30(24-35(32)51(66)67)60-42(64)26-39(50(60)65)77-27-36(52(68)69)59-41(63)15-18-74-20-21-75-19-17-57-40(62)16-22-78(70,71)49-45(54)44(53)48(79(56,72)73)46(55)47(49)58-29-7-5-3-2-4-6-8-29/h9-14,23-25,29,36,39,58,61H,1-8,15-22,26-27H2,(H,57,62)(H,59,63)(H,66,67)(H,68,69)(H2,56,72,73). The van der Waals surface area contributed by atoms with Crippen LogP contribution in [-0.2, 0) is 53.3 Å². The van der Waals surface area contributed by atoms with Crippen LogP contribution in [0.4, 0.5) is 24.5 Å². The molecular formula is C52H56F3N5O16S3. The Labute approximate surface area is 455 Å². The fourth-order valence-electron chi connectivity index (χ4n) is 9.20. The number of rotatable bonds is 24. The Kier molecular flexibility index (Phi) is 19.5. The minimum absolute atomic E-state index is 0.0354. The van der Waals surface area contributed by atoms with Gasteiger partial charge in [-0.1, -0.05) is 56.9 Å². The number of fused-ring (bicyclic) bond motifs is 2. The van der Waals surface area contributed by atoms with Crippen molar-refractivity contribution in [3.05, 3.63) is 99.2 Å². The maximum absolute atomic E-state index is 15.7. The van der Waals surface area contributed by atoms with Crippen LogP contribution in [0.3, 0.4) is 0 Å². The summed E-state index contributed by atoms with van der Waals surface area (Å²) in [6.07, 6.45) is 3.31. The van der Waals surface area contributed by atoms with Crippen LogP contribution in [0, 0.1) is 17.5 Å². The minimum Gasteiger partial charge on any atom is -0.508 e. The van der Waals surface area contributed by atoms with Gasteiger partial charge in [-0.05, 0) is 54.0 Å². The van der Waals surface area contributed by atoms with Crippen LogP contribution < -0.4 is 41.2 Å². The summed E-state index contributed by atoms with van der Waals surface area (Å²) in [4.78, 5) is 74.7. The topological polar surface area (TPSA) is 324 Å². The van der Waals surface area contributed by atoms with Crippen molar-refractivity contribution >= 4 is 90.7 Å². The van der Waals surface area contributed by atoms with Gasteiger partial charge in [0.15, 0.2) is 32.2 Å². The molecule has 0 radical (unpaired) electrons. The average molecular weight is 1160 g/mol. The zero-order valence-corrected chi connectivity index (χ0v) is 44.6. The van der Waals surface area contributed by atoms with E-state index in [-0.39, 0.29) is 79.9 Å². The third-order valence-electron chi connectivity index (χ3n) is 13.0. The van der Waals surface area contributed by atoms with Crippen LogP contribution in [0.5, 0.6) is 17.2 Å². The summed E-state index contributed by atoms with van der Waals surface area (Å²) in [5, 5.41) is 42.8. The maximum atomic E-state index is 15.7. The number of imide groups is 1. The van der Waals surface area contributed by atoms with Crippen molar-refractivity contribution in [1.82, 2.24) is 10.6 Å². The van der Waals surface area contributed by atoms with E-state index in [9.17, 15) is 65.3 Å². The van der Waals surface area contributed by atoms with Gasteiger partial charge in [0.05, 0.1) is 54.4 Å². The number of aromatic carboxylic acids is 1. The number of aromatic hydroxyl groups is 1. The van der Waals surface area contributed by atoms with Crippen molar-refractivity contribution in [2.45, 2.75) is 91.3 Å². The Hall–Kier alpha value is -7.04. The van der Waals surface area contributed by atoms with E-state index in [0.29, 0.717) is 53.0 Å². The first-order chi connectivity index (χ1) is 37.5. The van der Waals surface area contributed by atoms with Gasteiger partial charge in [-0.15, -0.1) is 11.8 Å². The summed E-state index contributed by atoms with van der Waals surface area (Å²) >= 11 is 0.821. The average Bonchev–Trinajstić information content (AvgIpc) is 3.70. The number of thioether (sulfide) groups is 1. The number of anilines is 2. The number of carboxylic acids is 2. The van der Waals surface area contributed by atoms with E-state index in [1.165, 1.54) is 30.3 Å². The molecule has 4 amide bonds. The maximum Gasteiger partial charge on any atom is 0.336 e. The third-order valence-corrected chi connectivity index (χ3v) is 17.0. The largest absolute Gasteiger partial charge is 0.508 e. The molecular weight excluding hydrogens is 1100 g/mol. The van der Waals surface area contributed by atoms with Crippen LogP contribution in [0.1, 0.15) is 85.7 Å². The Morgan fingerprint density at radius 3 is 2.16 bits per heavy atom. The number of nitrogens with two attached hydrogens (primary N) is 1. The highest BCUT2D eigenvalue weighted by Crippen LogP contribution is 2.41. The van der Waals surface area contributed by atoms with Crippen molar-refractivity contribution in [3.8, 4) is 17.2 Å². The van der Waals surface area contributed by atoms with Crippen LogP contribution in [0.15, 0.2) is 64.4 Å². The molecule has 424 valence electrons. The molecule has 0 aromatic heterocycles. The summed E-state index contributed by atoms with van der Waals surface area (Å²) < 4.78 is 114. The fourth-order valence-corrected chi connectivity index (χ4v) is 12.5. The molecule has 0 bridgehead atoms. The van der Waals surface area contributed by atoms with Gasteiger partial charge < -0.3 is 45.5 Å². The summed E-state index contributed by atoms with van der Waals surface area (Å²) in [5.74, 6) is -13.0. The highest BCUT2D eigenvalue weighted by molar-refractivity contribution is 8.00. The molecule has 2 unspecified atom stereocenters. The van der Waals surface area contributed by atoms with Crippen molar-refractivity contribution in [3.63, 3.8) is 0 Å². The molecule has 4 aromatic rings. The number of sulfone groups is 1. The van der Waals surface area contributed by atoms with E-state index in [2.05, 4.69) is 22.5 Å². The van der Waals surface area contributed by atoms with Crippen molar-refractivity contribution < 1.29 is 88.3 Å². The van der Waals surface area contributed by atoms with Gasteiger partial charge in [0, 0.05) is 60.0 Å². The van der Waals surface area contributed by atoms with Gasteiger partial charge in [0.2, 0.25) is 33.7 Å². The number of nitrogens with one attached hydrogen (secondary N) is 3. The molecule has 1 saturated carbocycles. The second-order valence-electron chi connectivity index (χ2n) is 18.7. The molecule has 2 aliphatic heterocycles. The lowest BCUT2D eigenvalue weighted by Gasteiger charge is -2.25. The number of amides is 4. The third kappa shape index (κ3) is 14.4. The molecule has 1 aliphatic carbocycles. The number of hydrogen-bond acceptors (Lipinski definition) is 16. The number of ether oxygens (including phenoxy) is 3. The predicted molar refractivity (Wildman–Crippen MR) is 281 cm³/mol. The minimum atomic E-state index is -5.19. The van der Waals surface area contributed by atoms with E-state index in [1.807, 2.05) is 0 Å². The zero-order chi connectivity index (χ0) is 57.3. The van der Waals surface area contributed by atoms with Gasteiger partial charge in [-0.2, -0.15) is 0 Å². The summed E-state index contributed by atoms with van der Waals surface area (Å²) in [5.41, 5.74) is -0.223. The zero-order valence-electron chi connectivity index (χ0n) is 42.2. The second-order valence-corrected chi connectivity index (χ2v) is 23.5. The second kappa shape index (κ2) is 25.8. The highest BCUT2D eigenvalue weighted by atomic mass is 32.2. The summed E-state index contributed by atoms with van der Waals surface area (Å²) in [6.45, 7) is 3.40. The number of halogens is 3. The molecule has 0 spiro atoms. The van der Waals surface area contributed by atoms with Crippen LogP contribution in [0.2, 0.25) is 0 Å². The number of phenolic OH excluding ortho intramolecular Hbond substituents is 1. The molecule has 8 N–H and O–H groups in total. The molecule has 2 heterocycles. The lowest BCUT2D eigenvalue weighted by Crippen LogP contribution is -2.43. The quantitative estimate of drug-likeness (QED) is 0.0263. The molecule has 4 aromatic carbocycles. The number of carbonyl (C=O) groups is 6. The Morgan fingerprint density at radius 1 is 0.810 bits per heavy atom. The lowest BCUT2D eigenvalue weighted by molar-refractivity contribution is -0.141. The first kappa shape index (κ1) is 59.6. The van der Waals surface area contributed by atoms with Crippen LogP contribution >= 0.6 is 11.8 Å². The first-order valence-corrected chi connectivity index (χ1v) is 29.1. The number of carboxylic acid groups (broad SMARTS) is 2. The van der Waals surface area contributed by atoms with Crippen LogP contribution in [0.25, 0.3) is 12.2 Å². The van der Waals surface area contributed by atoms with Gasteiger partial charge >= 0.3 is 11.9 Å². The molecule has 3 aliphatic rings. The van der Waals surface area contributed by atoms with Crippen molar-refractivity contribution in [2.24, 2.45) is 5.14 Å². The molecule has 27 heteroatoms. The van der Waals surface area contributed by atoms with Crippen LogP contribution in [-0.4, -0.2) is 130 Å². The number of sulfonamides is 1. The number of primary sulfonamides is 1. The summed E-state index contributed by atoms with van der Waals surface area (Å²) in [6, 6.07) is 11.4. The highest BCUT2D eigenvalue weighted by Gasteiger charge is 2.42. The number of carbonyl (C=O) groups excluding carboxylic acids is 4. The SMILES string of the molecule is C=c1ccc2c(c1)Oc1cc(O)ccc1C=2c1ccc(N2C(=O)CC(SCC(NC(=O)CCOCCOCCNC(=O)CCS(=O)(=O)c3c(F)c(F)c(S(N)(=O)=O)c(F)c3NC3CCCCCCC3)C(=O)O)C2=O)cc1C(=O)O. The summed E-state index contributed by atoms with van der Waals surface area (Å²) in [7, 11) is -10.2. The fraction of sp³-hybridized carbons (Fsp3) is 0.385. The smallest absolute Gasteiger partial charge is 0.336 e. The van der Waals surface area contributed by atoms with E-state index in [0.717, 1.165) is 35.9 Å². The molecule has 2 atom stereocenters. The van der Waals surface area contributed by atoms with Gasteiger partial charge in [0.25, 0.3) is 0 Å². The van der Waals surface area contributed by atoms with Crippen molar-refractivity contribution in [1.29, 1.82) is 0 Å². The Bertz CT molecular complexity index is 3420. The lowest BCUT2D eigenvalue weighted by atomic mass is 9.89. The number of aliphatic carboxylic acids is 1. The first-order valence-electron chi connectivity index (χ1n) is 24.8. The van der Waals surface area contributed by atoms with E-state index in [4.69, 9.17) is 19.3 Å². The number of phenols is 1. The Balaban J connectivity index is 0.839. The molecule has 21 nitrogen and oxygen atoms in total. The van der Waals surface area contributed by atoms with E-state index < -0.39 is 118 Å². The number of nitrogens with zero attached hydrogens (tertiary/aromatic N) is 1. The van der Waals surface area contributed by atoms with Crippen molar-refractivity contribution in [2.75, 3.05) is 54.7 Å². The normalized spacial score (nSPS) is 16.3. The number of benzene rings is 4. The monoisotopic (exact) mass is 1160 g/mol.